The fraction of sp³-hybridized carbons (Fsp3) is 0.833. The molecular formula is C18H36N4O4. The summed E-state index contributed by atoms with van der Waals surface area (Å²) in [6, 6.07) is -0.415. The maximum Gasteiger partial charge on any atom is 0.408 e. The van der Waals surface area contributed by atoms with Crippen molar-refractivity contribution in [1.82, 2.24) is 10.6 Å². The van der Waals surface area contributed by atoms with Crippen LogP contribution in [0.3, 0.4) is 0 Å². The van der Waals surface area contributed by atoms with Crippen LogP contribution in [-0.2, 0) is 14.4 Å². The minimum absolute atomic E-state index is 0.0971. The van der Waals surface area contributed by atoms with E-state index in [1.807, 2.05) is 27.7 Å². The van der Waals surface area contributed by atoms with Crippen molar-refractivity contribution in [2.75, 3.05) is 6.61 Å². The summed E-state index contributed by atoms with van der Waals surface area (Å²) < 4.78 is 5.25. The maximum atomic E-state index is 12.0. The Balaban J connectivity index is 4.70. The lowest BCUT2D eigenvalue weighted by Crippen LogP contribution is -2.47. The maximum absolute atomic E-state index is 12.0. The Hall–Kier alpha value is -1.99. The topological polar surface area (TPSA) is 115 Å². The Bertz CT molecular complexity index is 468. The summed E-state index contributed by atoms with van der Waals surface area (Å²) in [6.07, 6.45) is 1.69. The number of ether oxygens (including phenoxy) is 1. The summed E-state index contributed by atoms with van der Waals surface area (Å²) in [5, 5.41) is 9.33. The van der Waals surface area contributed by atoms with Gasteiger partial charge >= 0.3 is 6.09 Å². The third-order valence-electron chi connectivity index (χ3n) is 3.47. The van der Waals surface area contributed by atoms with Crippen LogP contribution in [0.4, 0.5) is 4.79 Å². The standard InChI is InChI=1S/C18H36N4O4/c1-8-13(9-2)20-15(23)11-25-22-16(19)14(10-12(3)4)21-17(24)26-18(5,6)7/h12-14H,8-11H2,1-7H3,(H2,19,22)(H,20,23)(H,21,24). The van der Waals surface area contributed by atoms with E-state index in [-0.39, 0.29) is 30.3 Å². The van der Waals surface area contributed by atoms with Crippen molar-refractivity contribution in [2.24, 2.45) is 16.8 Å². The number of carbonyl (C=O) groups excluding carboxylic acids is 2. The molecule has 8 heteroatoms. The fourth-order valence-corrected chi connectivity index (χ4v) is 2.17. The van der Waals surface area contributed by atoms with Gasteiger partial charge in [-0.15, -0.1) is 0 Å². The highest BCUT2D eigenvalue weighted by molar-refractivity contribution is 5.88. The number of oxime groups is 1. The van der Waals surface area contributed by atoms with Crippen LogP contribution in [0.5, 0.6) is 0 Å². The Morgan fingerprint density at radius 1 is 1.12 bits per heavy atom. The molecule has 4 N–H and O–H groups in total. The van der Waals surface area contributed by atoms with E-state index < -0.39 is 17.7 Å². The molecule has 1 atom stereocenters. The Morgan fingerprint density at radius 2 is 1.69 bits per heavy atom. The van der Waals surface area contributed by atoms with Gasteiger partial charge in [0.1, 0.15) is 5.60 Å². The molecule has 0 saturated heterocycles. The summed E-state index contributed by atoms with van der Waals surface area (Å²) in [6.45, 7) is 13.1. The lowest BCUT2D eigenvalue weighted by molar-refractivity contribution is -0.126. The minimum Gasteiger partial charge on any atom is -0.444 e. The molecule has 0 aliphatic carbocycles. The number of alkyl carbamates (subject to hydrolysis) is 1. The van der Waals surface area contributed by atoms with Gasteiger partial charge in [0.2, 0.25) is 0 Å². The van der Waals surface area contributed by atoms with Gasteiger partial charge in [0.25, 0.3) is 5.91 Å². The highest BCUT2D eigenvalue weighted by Crippen LogP contribution is 2.09. The second-order valence-corrected chi connectivity index (χ2v) is 7.70. The van der Waals surface area contributed by atoms with E-state index >= 15 is 0 Å². The zero-order valence-electron chi connectivity index (χ0n) is 17.2. The third-order valence-corrected chi connectivity index (χ3v) is 3.47. The van der Waals surface area contributed by atoms with Crippen molar-refractivity contribution < 1.29 is 19.2 Å². The molecule has 0 saturated carbocycles. The van der Waals surface area contributed by atoms with Gasteiger partial charge in [-0.2, -0.15) is 0 Å². The normalized spacial score (nSPS) is 13.5. The molecular weight excluding hydrogens is 336 g/mol. The van der Waals surface area contributed by atoms with Crippen molar-refractivity contribution in [3.8, 4) is 0 Å². The van der Waals surface area contributed by atoms with Gasteiger partial charge in [-0.1, -0.05) is 32.9 Å². The zero-order valence-corrected chi connectivity index (χ0v) is 17.2. The molecule has 1 unspecified atom stereocenters. The van der Waals surface area contributed by atoms with Crippen LogP contribution in [0.2, 0.25) is 0 Å². The zero-order chi connectivity index (χ0) is 20.3. The average molecular weight is 373 g/mol. The molecule has 0 aliphatic heterocycles. The van der Waals surface area contributed by atoms with E-state index in [2.05, 4.69) is 15.8 Å². The summed E-state index contributed by atoms with van der Waals surface area (Å²) in [4.78, 5) is 28.8. The highest BCUT2D eigenvalue weighted by atomic mass is 16.6. The van der Waals surface area contributed by atoms with Crippen molar-refractivity contribution in [2.45, 2.75) is 85.4 Å². The number of amidine groups is 1. The van der Waals surface area contributed by atoms with Crippen molar-refractivity contribution >= 4 is 17.8 Å². The van der Waals surface area contributed by atoms with Crippen LogP contribution in [0.15, 0.2) is 5.16 Å². The SMILES string of the molecule is CCC(CC)NC(=O)CO/N=C(/N)C(CC(C)C)NC(=O)OC(C)(C)C. The third kappa shape index (κ3) is 11.5. The number of carbonyl (C=O) groups is 2. The van der Waals surface area contributed by atoms with Gasteiger partial charge in [-0.3, -0.25) is 4.79 Å². The molecule has 0 aromatic carbocycles. The molecule has 0 rings (SSSR count). The first-order valence-electron chi connectivity index (χ1n) is 9.22. The summed E-state index contributed by atoms with van der Waals surface area (Å²) >= 11 is 0. The molecule has 0 fully saturated rings. The smallest absolute Gasteiger partial charge is 0.408 e. The summed E-state index contributed by atoms with van der Waals surface area (Å²) in [5.74, 6) is 0.109. The van der Waals surface area contributed by atoms with Gasteiger partial charge in [-0.05, 0) is 46.0 Å². The van der Waals surface area contributed by atoms with Crippen LogP contribution in [-0.4, -0.2) is 42.1 Å². The fourth-order valence-electron chi connectivity index (χ4n) is 2.17. The first-order chi connectivity index (χ1) is 12.0. The number of amides is 2. The molecule has 26 heavy (non-hydrogen) atoms. The van der Waals surface area contributed by atoms with Crippen LogP contribution < -0.4 is 16.4 Å². The Kier molecular flexibility index (Phi) is 10.7. The number of hydrogen-bond acceptors (Lipinski definition) is 5. The number of nitrogens with zero attached hydrogens (tertiary/aromatic N) is 1. The van der Waals surface area contributed by atoms with Gasteiger partial charge in [0, 0.05) is 6.04 Å². The average Bonchev–Trinajstić information content (AvgIpc) is 2.49. The van der Waals surface area contributed by atoms with Crippen LogP contribution in [0.25, 0.3) is 0 Å². The molecule has 0 aromatic rings. The molecule has 0 bridgehead atoms. The van der Waals surface area contributed by atoms with Crippen molar-refractivity contribution in [1.29, 1.82) is 0 Å². The van der Waals surface area contributed by atoms with Crippen LogP contribution >= 0.6 is 0 Å². The monoisotopic (exact) mass is 372 g/mol. The predicted octanol–water partition coefficient (Wildman–Crippen LogP) is 2.52. The van der Waals surface area contributed by atoms with Gasteiger partial charge in [0.05, 0.1) is 6.04 Å². The molecule has 8 nitrogen and oxygen atoms in total. The van der Waals surface area contributed by atoms with Gasteiger partial charge in [0.15, 0.2) is 12.4 Å². The number of hydrogen-bond donors (Lipinski definition) is 3. The summed E-state index contributed by atoms with van der Waals surface area (Å²) in [7, 11) is 0. The molecule has 152 valence electrons. The minimum atomic E-state index is -0.609. The Labute approximate surface area is 157 Å². The summed E-state index contributed by atoms with van der Waals surface area (Å²) in [5.41, 5.74) is 5.33. The van der Waals surface area contributed by atoms with Crippen LogP contribution in [0.1, 0.15) is 67.7 Å². The van der Waals surface area contributed by atoms with Crippen molar-refractivity contribution in [3.63, 3.8) is 0 Å². The predicted molar refractivity (Wildman–Crippen MR) is 103 cm³/mol. The first-order valence-corrected chi connectivity index (χ1v) is 9.22. The van der Waals surface area contributed by atoms with E-state index in [0.29, 0.717) is 6.42 Å². The number of rotatable bonds is 10. The Morgan fingerprint density at radius 3 is 2.15 bits per heavy atom. The molecule has 0 radical (unpaired) electrons. The number of nitrogens with one attached hydrogen (secondary N) is 2. The quantitative estimate of drug-likeness (QED) is 0.310. The molecule has 0 aliphatic rings. The second kappa shape index (κ2) is 11.6. The van der Waals surface area contributed by atoms with E-state index in [9.17, 15) is 9.59 Å². The second-order valence-electron chi connectivity index (χ2n) is 7.70. The number of nitrogens with two attached hydrogens (primary N) is 1. The van der Waals surface area contributed by atoms with E-state index in [4.69, 9.17) is 15.3 Å². The molecule has 0 spiro atoms. The van der Waals surface area contributed by atoms with E-state index in [1.165, 1.54) is 0 Å². The lowest BCUT2D eigenvalue weighted by Gasteiger charge is -2.24. The van der Waals surface area contributed by atoms with E-state index in [1.54, 1.807) is 20.8 Å². The molecule has 0 heterocycles. The van der Waals surface area contributed by atoms with Crippen LogP contribution in [0, 0.1) is 5.92 Å². The largest absolute Gasteiger partial charge is 0.444 e. The molecule has 0 aromatic heterocycles. The highest BCUT2D eigenvalue weighted by Gasteiger charge is 2.23. The van der Waals surface area contributed by atoms with E-state index in [0.717, 1.165) is 12.8 Å². The lowest BCUT2D eigenvalue weighted by atomic mass is 10.0. The first kappa shape index (κ1) is 24.0. The van der Waals surface area contributed by atoms with Crippen molar-refractivity contribution in [3.05, 3.63) is 0 Å². The molecule has 2 amide bonds. The van der Waals surface area contributed by atoms with Gasteiger partial charge in [-0.25, -0.2) is 4.79 Å². The van der Waals surface area contributed by atoms with Gasteiger partial charge < -0.3 is 25.9 Å².